The van der Waals surface area contributed by atoms with E-state index in [1.165, 1.54) is 0 Å². The van der Waals surface area contributed by atoms with Gasteiger partial charge in [-0.25, -0.2) is 0 Å². The van der Waals surface area contributed by atoms with Crippen LogP contribution in [0.3, 0.4) is 0 Å². The van der Waals surface area contributed by atoms with E-state index in [1.807, 2.05) is 0 Å². The molecule has 0 aromatic rings. The van der Waals surface area contributed by atoms with Gasteiger partial charge in [-0.05, 0) is 12.8 Å². The quantitative estimate of drug-likeness (QED) is 0.701. The largest absolute Gasteiger partial charge is 0.392 e. The van der Waals surface area contributed by atoms with E-state index in [4.69, 9.17) is 20.6 Å². The zero-order chi connectivity index (χ0) is 13.0. The third-order valence-corrected chi connectivity index (χ3v) is 5.15. The average Bonchev–Trinajstić information content (AvgIpc) is 2.90. The Balaban J connectivity index is 1.99. The van der Waals surface area contributed by atoms with Gasteiger partial charge in [-0.2, -0.15) is 0 Å². The lowest BCUT2D eigenvalue weighted by atomic mass is 9.47. The Bertz CT molecular complexity index is 382. The van der Waals surface area contributed by atoms with Crippen LogP contribution in [0.25, 0.3) is 0 Å². The van der Waals surface area contributed by atoms with Crippen molar-refractivity contribution in [2.24, 2.45) is 17.8 Å². The maximum absolute atomic E-state index is 10.1. The summed E-state index contributed by atoms with van der Waals surface area (Å²) < 4.78 is 17.6. The van der Waals surface area contributed by atoms with Gasteiger partial charge in [0.15, 0.2) is 0 Å². The topological polar surface area (TPSA) is 47.9 Å². The van der Waals surface area contributed by atoms with E-state index in [1.54, 1.807) is 7.11 Å². The first-order chi connectivity index (χ1) is 8.63. The van der Waals surface area contributed by atoms with Crippen molar-refractivity contribution >= 4 is 0 Å². The van der Waals surface area contributed by atoms with Crippen LogP contribution >= 0.6 is 0 Å². The Kier molecular flexibility index (Phi) is 2.73. The second kappa shape index (κ2) is 3.94. The summed E-state index contributed by atoms with van der Waals surface area (Å²) in [7, 11) is 1.69. The van der Waals surface area contributed by atoms with E-state index in [-0.39, 0.29) is 17.8 Å². The van der Waals surface area contributed by atoms with Crippen molar-refractivity contribution in [3.05, 3.63) is 0 Å². The number of ether oxygens (including phenoxy) is 3. The van der Waals surface area contributed by atoms with Gasteiger partial charge in [0.1, 0.15) is 5.60 Å². The van der Waals surface area contributed by atoms with Crippen LogP contribution in [-0.4, -0.2) is 42.9 Å². The summed E-state index contributed by atoms with van der Waals surface area (Å²) in [5, 5.41) is 10.1. The van der Waals surface area contributed by atoms with Crippen LogP contribution in [0.15, 0.2) is 0 Å². The molecule has 4 heteroatoms. The number of aliphatic hydroxyl groups excluding tert-OH is 1. The Morgan fingerprint density at radius 2 is 2.06 bits per heavy atom. The number of fused-ring (bicyclic) bond motifs is 2. The maximum atomic E-state index is 10.1. The number of terminal acetylenes is 1. The highest BCUT2D eigenvalue weighted by Crippen LogP contribution is 2.65. The first-order valence-electron chi connectivity index (χ1n) is 6.60. The van der Waals surface area contributed by atoms with Gasteiger partial charge in [0.05, 0.1) is 25.2 Å². The molecule has 0 radical (unpaired) electrons. The summed E-state index contributed by atoms with van der Waals surface area (Å²) in [5.41, 5.74) is -0.487. The predicted octanol–water partition coefficient (Wildman–Crippen LogP) is 0.785. The van der Waals surface area contributed by atoms with Crippen LogP contribution in [0.2, 0.25) is 0 Å². The van der Waals surface area contributed by atoms with E-state index in [9.17, 15) is 5.11 Å². The number of methoxy groups -OCH3 is 1. The van der Waals surface area contributed by atoms with Crippen LogP contribution in [0.5, 0.6) is 0 Å². The zero-order valence-electron chi connectivity index (χ0n) is 10.9. The normalized spacial score (nSPS) is 49.4. The molecule has 2 aliphatic carbocycles. The second-order valence-corrected chi connectivity index (χ2v) is 5.57. The monoisotopic (exact) mass is 252 g/mol. The fourth-order valence-corrected chi connectivity index (χ4v) is 4.42. The Morgan fingerprint density at radius 3 is 2.61 bits per heavy atom. The van der Waals surface area contributed by atoms with Gasteiger partial charge in [0.2, 0.25) is 5.79 Å². The van der Waals surface area contributed by atoms with Crippen molar-refractivity contribution < 1.29 is 19.3 Å². The van der Waals surface area contributed by atoms with Crippen LogP contribution in [0.4, 0.5) is 0 Å². The summed E-state index contributed by atoms with van der Waals surface area (Å²) in [5.74, 6) is 2.17. The number of rotatable bonds is 1. The average molecular weight is 252 g/mol. The zero-order valence-corrected chi connectivity index (χ0v) is 10.9. The van der Waals surface area contributed by atoms with Crippen molar-refractivity contribution in [1.29, 1.82) is 0 Å². The molecular weight excluding hydrogens is 232 g/mol. The fourth-order valence-electron chi connectivity index (χ4n) is 4.42. The SMILES string of the molecule is C#C[C@@H]1[C@@H](O)CC[C@]2(OC)[C@H]1C(C)C21OCCO1. The highest BCUT2D eigenvalue weighted by Gasteiger charge is 2.77. The van der Waals surface area contributed by atoms with E-state index >= 15 is 0 Å². The summed E-state index contributed by atoms with van der Waals surface area (Å²) in [6.45, 7) is 3.28. The molecular formula is C14H20O4. The van der Waals surface area contributed by atoms with Crippen molar-refractivity contribution in [2.75, 3.05) is 20.3 Å². The molecule has 3 fully saturated rings. The summed E-state index contributed by atoms with van der Waals surface area (Å²) in [4.78, 5) is 0. The minimum Gasteiger partial charge on any atom is -0.392 e. The van der Waals surface area contributed by atoms with Crippen molar-refractivity contribution in [3.8, 4) is 12.3 Å². The van der Waals surface area contributed by atoms with Gasteiger partial charge in [-0.1, -0.05) is 6.92 Å². The van der Waals surface area contributed by atoms with Gasteiger partial charge in [0.25, 0.3) is 0 Å². The fraction of sp³-hybridized carbons (Fsp3) is 0.857. The lowest BCUT2D eigenvalue weighted by Crippen LogP contribution is -2.79. The molecule has 0 bridgehead atoms. The van der Waals surface area contributed by atoms with Gasteiger partial charge in [-0.3, -0.25) is 0 Å². The molecule has 4 nitrogen and oxygen atoms in total. The van der Waals surface area contributed by atoms with E-state index in [0.717, 1.165) is 6.42 Å². The van der Waals surface area contributed by atoms with Crippen LogP contribution < -0.4 is 0 Å². The van der Waals surface area contributed by atoms with E-state index < -0.39 is 17.5 Å². The number of hydrogen-bond acceptors (Lipinski definition) is 4. The van der Waals surface area contributed by atoms with Crippen LogP contribution in [0, 0.1) is 30.1 Å². The van der Waals surface area contributed by atoms with Crippen molar-refractivity contribution in [1.82, 2.24) is 0 Å². The molecule has 0 amide bonds. The Labute approximate surface area is 108 Å². The van der Waals surface area contributed by atoms with Crippen molar-refractivity contribution in [3.63, 3.8) is 0 Å². The lowest BCUT2D eigenvalue weighted by molar-refractivity contribution is -0.412. The van der Waals surface area contributed by atoms with Gasteiger partial charge in [-0.15, -0.1) is 12.3 Å². The summed E-state index contributed by atoms with van der Waals surface area (Å²) >= 11 is 0. The van der Waals surface area contributed by atoms with E-state index in [0.29, 0.717) is 19.6 Å². The molecule has 2 saturated carbocycles. The molecule has 1 unspecified atom stereocenters. The summed E-state index contributed by atoms with van der Waals surface area (Å²) in [6, 6.07) is 0. The Hall–Kier alpha value is -0.600. The number of aliphatic hydroxyl groups is 1. The van der Waals surface area contributed by atoms with Crippen LogP contribution in [-0.2, 0) is 14.2 Å². The first-order valence-corrected chi connectivity index (χ1v) is 6.60. The molecule has 100 valence electrons. The van der Waals surface area contributed by atoms with Crippen LogP contribution in [0.1, 0.15) is 19.8 Å². The lowest BCUT2D eigenvalue weighted by Gasteiger charge is -2.67. The Morgan fingerprint density at radius 1 is 1.39 bits per heavy atom. The molecule has 18 heavy (non-hydrogen) atoms. The molecule has 1 aliphatic heterocycles. The standard InChI is InChI=1S/C14H20O4/c1-4-10-11(15)5-6-13(16-3)12(10)9(2)14(13)17-7-8-18-14/h1,9-12,15H,5-8H2,2-3H3/t9?,10-,11+,12+,13+/m1/s1. The highest BCUT2D eigenvalue weighted by atomic mass is 16.8. The number of hydrogen-bond donors (Lipinski definition) is 1. The molecule has 3 aliphatic rings. The molecule has 3 rings (SSSR count). The van der Waals surface area contributed by atoms with Crippen molar-refractivity contribution in [2.45, 2.75) is 37.3 Å². The van der Waals surface area contributed by atoms with Gasteiger partial charge in [0, 0.05) is 18.9 Å². The molecule has 1 saturated heterocycles. The molecule has 0 aromatic heterocycles. The second-order valence-electron chi connectivity index (χ2n) is 5.57. The van der Waals surface area contributed by atoms with Gasteiger partial charge >= 0.3 is 0 Å². The molecule has 1 heterocycles. The predicted molar refractivity (Wildman–Crippen MR) is 64.6 cm³/mol. The molecule has 1 N–H and O–H groups in total. The molecule has 5 atom stereocenters. The van der Waals surface area contributed by atoms with Gasteiger partial charge < -0.3 is 19.3 Å². The minimum absolute atomic E-state index is 0.106. The minimum atomic E-state index is -0.651. The third-order valence-electron chi connectivity index (χ3n) is 5.15. The third kappa shape index (κ3) is 1.16. The molecule has 0 aromatic carbocycles. The maximum Gasteiger partial charge on any atom is 0.201 e. The first kappa shape index (κ1) is 12.4. The molecule has 1 spiro atoms. The summed E-state index contributed by atoms with van der Waals surface area (Å²) in [6.07, 6.45) is 6.53. The highest BCUT2D eigenvalue weighted by molar-refractivity contribution is 5.25. The van der Waals surface area contributed by atoms with E-state index in [2.05, 4.69) is 12.8 Å². The smallest absolute Gasteiger partial charge is 0.201 e.